The van der Waals surface area contributed by atoms with Crippen LogP contribution in [0.15, 0.2) is 48.5 Å². The lowest BCUT2D eigenvalue weighted by atomic mass is 10.0. The lowest BCUT2D eigenvalue weighted by Crippen LogP contribution is -2.30. The van der Waals surface area contributed by atoms with Crippen LogP contribution in [0.3, 0.4) is 0 Å². The first-order chi connectivity index (χ1) is 12.2. The molecule has 0 aromatic heterocycles. The van der Waals surface area contributed by atoms with Crippen molar-refractivity contribution in [3.63, 3.8) is 0 Å². The molecule has 1 N–H and O–H groups in total. The molecular weight excluding hydrogens is 338 g/mol. The number of benzene rings is 2. The van der Waals surface area contributed by atoms with Crippen LogP contribution in [0, 0.1) is 5.92 Å². The van der Waals surface area contributed by atoms with Crippen LogP contribution >= 0.6 is 11.6 Å². The molecule has 0 heterocycles. The molecule has 132 valence electrons. The molecule has 1 amide bonds. The van der Waals surface area contributed by atoms with E-state index >= 15 is 0 Å². The van der Waals surface area contributed by atoms with Crippen molar-refractivity contribution in [2.75, 3.05) is 13.7 Å². The Hall–Kier alpha value is -2.20. The van der Waals surface area contributed by atoms with Gasteiger partial charge in [-0.3, -0.25) is 4.79 Å². The molecule has 0 bridgehead atoms. The molecule has 25 heavy (non-hydrogen) atoms. The van der Waals surface area contributed by atoms with Crippen molar-refractivity contribution in [1.82, 2.24) is 5.32 Å². The first kappa shape index (κ1) is 17.6. The van der Waals surface area contributed by atoms with E-state index in [-0.39, 0.29) is 11.9 Å². The molecule has 1 atom stereocenters. The van der Waals surface area contributed by atoms with Gasteiger partial charge in [-0.1, -0.05) is 35.9 Å². The van der Waals surface area contributed by atoms with Gasteiger partial charge < -0.3 is 14.8 Å². The van der Waals surface area contributed by atoms with Crippen LogP contribution in [-0.4, -0.2) is 19.6 Å². The van der Waals surface area contributed by atoms with Gasteiger partial charge in [-0.2, -0.15) is 0 Å². The summed E-state index contributed by atoms with van der Waals surface area (Å²) in [5.41, 5.74) is 1.10. The Morgan fingerprint density at radius 3 is 2.48 bits per heavy atom. The molecule has 0 radical (unpaired) electrons. The summed E-state index contributed by atoms with van der Waals surface area (Å²) in [5, 5.41) is 3.84. The van der Waals surface area contributed by atoms with Gasteiger partial charge in [-0.05, 0) is 48.6 Å². The van der Waals surface area contributed by atoms with Crippen LogP contribution in [0.25, 0.3) is 0 Å². The van der Waals surface area contributed by atoms with Crippen LogP contribution in [0.2, 0.25) is 5.02 Å². The Labute approximate surface area is 153 Å². The Morgan fingerprint density at radius 2 is 1.84 bits per heavy atom. The minimum absolute atomic E-state index is 0.0123. The van der Waals surface area contributed by atoms with E-state index in [4.69, 9.17) is 21.1 Å². The highest BCUT2D eigenvalue weighted by atomic mass is 35.5. The van der Waals surface area contributed by atoms with E-state index in [2.05, 4.69) is 5.32 Å². The predicted octanol–water partition coefficient (Wildman–Crippen LogP) is 4.39. The summed E-state index contributed by atoms with van der Waals surface area (Å²) in [6.07, 6.45) is 2.59. The summed E-state index contributed by atoms with van der Waals surface area (Å²) in [4.78, 5) is 12.3. The number of carbonyl (C=O) groups is 1. The van der Waals surface area contributed by atoms with Gasteiger partial charge in [0.25, 0.3) is 0 Å². The Morgan fingerprint density at radius 1 is 1.16 bits per heavy atom. The highest BCUT2D eigenvalue weighted by Gasteiger charge is 2.33. The molecule has 1 saturated carbocycles. The number of carbonyl (C=O) groups excluding carboxylic acids is 1. The average Bonchev–Trinajstić information content (AvgIpc) is 3.46. The van der Waals surface area contributed by atoms with Gasteiger partial charge in [-0.25, -0.2) is 0 Å². The summed E-state index contributed by atoms with van der Waals surface area (Å²) >= 11 is 5.95. The molecule has 4 nitrogen and oxygen atoms in total. The highest BCUT2D eigenvalue weighted by molar-refractivity contribution is 6.30. The van der Waals surface area contributed by atoms with Crippen molar-refractivity contribution in [3.05, 3.63) is 59.1 Å². The predicted molar refractivity (Wildman–Crippen MR) is 98.2 cm³/mol. The van der Waals surface area contributed by atoms with Gasteiger partial charge in [0.2, 0.25) is 5.91 Å². The first-order valence-electron chi connectivity index (χ1n) is 8.48. The molecule has 3 rings (SSSR count). The molecular formula is C20H22ClNO3. The van der Waals surface area contributed by atoms with Gasteiger partial charge in [0.15, 0.2) is 11.5 Å². The fourth-order valence-corrected chi connectivity index (χ4v) is 2.94. The second kappa shape index (κ2) is 8.26. The van der Waals surface area contributed by atoms with Crippen molar-refractivity contribution in [2.24, 2.45) is 5.92 Å². The minimum atomic E-state index is -0.0123. The third kappa shape index (κ3) is 4.89. The number of nitrogens with one attached hydrogen (secondary N) is 1. The zero-order chi connectivity index (χ0) is 17.6. The molecule has 5 heteroatoms. The lowest BCUT2D eigenvalue weighted by Gasteiger charge is -2.19. The smallest absolute Gasteiger partial charge is 0.223 e. The minimum Gasteiger partial charge on any atom is -0.493 e. The van der Waals surface area contributed by atoms with Gasteiger partial charge >= 0.3 is 0 Å². The van der Waals surface area contributed by atoms with Crippen LogP contribution in [-0.2, 0) is 4.79 Å². The average molecular weight is 360 g/mol. The zero-order valence-electron chi connectivity index (χ0n) is 14.2. The van der Waals surface area contributed by atoms with E-state index in [9.17, 15) is 4.79 Å². The number of hydrogen-bond acceptors (Lipinski definition) is 3. The number of amides is 1. The van der Waals surface area contributed by atoms with Crippen molar-refractivity contribution in [3.8, 4) is 11.5 Å². The summed E-state index contributed by atoms with van der Waals surface area (Å²) in [7, 11) is 1.60. The van der Waals surface area contributed by atoms with Crippen LogP contribution in [0.1, 0.15) is 30.9 Å². The number of halogens is 1. The Balaban J connectivity index is 1.53. The largest absolute Gasteiger partial charge is 0.493 e. The first-order valence-corrected chi connectivity index (χ1v) is 8.86. The fraction of sp³-hybridized carbons (Fsp3) is 0.350. The van der Waals surface area contributed by atoms with Gasteiger partial charge in [0.05, 0.1) is 26.2 Å². The summed E-state index contributed by atoms with van der Waals surface area (Å²) < 4.78 is 10.9. The molecule has 2 aromatic rings. The summed E-state index contributed by atoms with van der Waals surface area (Å²) in [6.45, 7) is 0.310. The van der Waals surface area contributed by atoms with Gasteiger partial charge in [-0.15, -0.1) is 0 Å². The third-order valence-corrected chi connectivity index (χ3v) is 4.55. The molecule has 0 spiro atoms. The summed E-state index contributed by atoms with van der Waals surface area (Å²) in [5.74, 6) is 1.82. The van der Waals surface area contributed by atoms with Gasteiger partial charge in [0, 0.05) is 5.02 Å². The van der Waals surface area contributed by atoms with Crippen LogP contribution in [0.5, 0.6) is 11.5 Å². The number of ether oxygens (including phenoxy) is 2. The highest BCUT2D eigenvalue weighted by Crippen LogP contribution is 2.41. The molecule has 1 aliphatic carbocycles. The summed E-state index contributed by atoms with van der Waals surface area (Å²) in [6, 6.07) is 15.2. The van der Waals surface area contributed by atoms with E-state index in [1.54, 1.807) is 7.11 Å². The Kier molecular flexibility index (Phi) is 5.82. The number of hydrogen-bond donors (Lipinski definition) is 1. The van der Waals surface area contributed by atoms with Crippen LogP contribution in [0.4, 0.5) is 0 Å². The maximum Gasteiger partial charge on any atom is 0.223 e. The maximum atomic E-state index is 12.3. The van der Waals surface area contributed by atoms with Gasteiger partial charge in [0.1, 0.15) is 0 Å². The monoisotopic (exact) mass is 359 g/mol. The van der Waals surface area contributed by atoms with Crippen molar-refractivity contribution in [2.45, 2.75) is 25.3 Å². The van der Waals surface area contributed by atoms with E-state index in [1.165, 1.54) is 0 Å². The molecule has 1 fully saturated rings. The van der Waals surface area contributed by atoms with Crippen molar-refractivity contribution < 1.29 is 14.3 Å². The van der Waals surface area contributed by atoms with E-state index in [1.807, 2.05) is 48.5 Å². The van der Waals surface area contributed by atoms with Crippen molar-refractivity contribution >= 4 is 17.5 Å². The SMILES string of the molecule is COc1ccccc1OCCC(=O)NC(c1ccc(Cl)cc1)C1CC1. The van der Waals surface area contributed by atoms with E-state index < -0.39 is 0 Å². The molecule has 0 aliphatic heterocycles. The molecule has 1 unspecified atom stereocenters. The topological polar surface area (TPSA) is 47.6 Å². The maximum absolute atomic E-state index is 12.3. The fourth-order valence-electron chi connectivity index (χ4n) is 2.81. The number of methoxy groups -OCH3 is 1. The molecule has 0 saturated heterocycles. The van der Waals surface area contributed by atoms with E-state index in [0.717, 1.165) is 18.4 Å². The Bertz CT molecular complexity index is 713. The molecule has 2 aromatic carbocycles. The zero-order valence-corrected chi connectivity index (χ0v) is 15.0. The lowest BCUT2D eigenvalue weighted by molar-refractivity contribution is -0.122. The normalized spacial score (nSPS) is 14.6. The van der Waals surface area contributed by atoms with Crippen molar-refractivity contribution in [1.29, 1.82) is 0 Å². The number of rotatable bonds is 8. The quantitative estimate of drug-likeness (QED) is 0.760. The standard InChI is InChI=1S/C20H22ClNO3/c1-24-17-4-2-3-5-18(17)25-13-12-19(23)22-20(14-6-7-14)15-8-10-16(21)11-9-15/h2-5,8-11,14,20H,6-7,12-13H2,1H3,(H,22,23). The number of para-hydroxylation sites is 2. The second-order valence-electron chi connectivity index (χ2n) is 6.18. The molecule has 1 aliphatic rings. The second-order valence-corrected chi connectivity index (χ2v) is 6.62. The van der Waals surface area contributed by atoms with Crippen LogP contribution < -0.4 is 14.8 Å². The third-order valence-electron chi connectivity index (χ3n) is 4.29. The van der Waals surface area contributed by atoms with E-state index in [0.29, 0.717) is 35.5 Å².